The summed E-state index contributed by atoms with van der Waals surface area (Å²) in [4.78, 5) is 8.46. The molecular weight excluding hydrogens is 242 g/mol. The van der Waals surface area contributed by atoms with E-state index in [1.54, 1.807) is 6.20 Å². The van der Waals surface area contributed by atoms with Crippen LogP contribution in [0.3, 0.4) is 0 Å². The van der Waals surface area contributed by atoms with Gasteiger partial charge < -0.3 is 10.6 Å². The summed E-state index contributed by atoms with van der Waals surface area (Å²) in [6, 6.07) is 7.63. The van der Waals surface area contributed by atoms with Crippen LogP contribution in [-0.4, -0.2) is 9.97 Å². The fourth-order valence-electron chi connectivity index (χ4n) is 1.48. The van der Waals surface area contributed by atoms with Crippen molar-refractivity contribution in [2.45, 2.75) is 20.3 Å². The topological polar surface area (TPSA) is 85.8 Å². The van der Waals surface area contributed by atoms with E-state index in [0.29, 0.717) is 11.6 Å². The van der Waals surface area contributed by atoms with Crippen LogP contribution >= 0.6 is 0 Å². The van der Waals surface area contributed by atoms with E-state index >= 15 is 0 Å². The second kappa shape index (κ2) is 5.90. The molecule has 2 aromatic rings. The fraction of sp³-hybridized carbons (Fsp3) is 0.231. The Labute approximate surface area is 111 Å². The lowest BCUT2D eigenvalue weighted by atomic mass is 10.2. The smallest absolute Gasteiger partial charge is 0.267 e. The lowest BCUT2D eigenvalue weighted by Crippen LogP contribution is -1.95. The summed E-state index contributed by atoms with van der Waals surface area (Å²) in [5, 5.41) is 6.92. The van der Waals surface area contributed by atoms with Gasteiger partial charge in [-0.2, -0.15) is 0 Å². The van der Waals surface area contributed by atoms with Crippen LogP contribution < -0.4 is 10.6 Å². The molecule has 0 unspecified atom stereocenters. The molecule has 0 saturated heterocycles. The van der Waals surface area contributed by atoms with Gasteiger partial charge in [-0.1, -0.05) is 29.8 Å². The van der Waals surface area contributed by atoms with Crippen molar-refractivity contribution in [1.29, 1.82) is 0 Å². The first-order chi connectivity index (χ1) is 9.22. The molecule has 0 aliphatic carbocycles. The molecular formula is C13H15N5O. The summed E-state index contributed by atoms with van der Waals surface area (Å²) in [5.41, 5.74) is 1.97. The number of hydrogen-bond donors (Lipinski definition) is 1. The van der Waals surface area contributed by atoms with Gasteiger partial charge in [0, 0.05) is 0 Å². The molecule has 0 fully saturated rings. The fourth-order valence-corrected chi connectivity index (χ4v) is 1.48. The highest BCUT2D eigenvalue weighted by atomic mass is 16.5. The van der Waals surface area contributed by atoms with Crippen molar-refractivity contribution < 1.29 is 4.74 Å². The normalized spacial score (nSPS) is 10.8. The number of ether oxygens (including phenoxy) is 1. The van der Waals surface area contributed by atoms with Crippen LogP contribution in [0.25, 0.3) is 0 Å². The van der Waals surface area contributed by atoms with Gasteiger partial charge in [-0.25, -0.2) is 9.97 Å². The molecule has 1 aromatic carbocycles. The molecule has 6 heteroatoms. The predicted molar refractivity (Wildman–Crippen MR) is 71.4 cm³/mol. The summed E-state index contributed by atoms with van der Waals surface area (Å²) in [7, 11) is 0. The third-order valence-corrected chi connectivity index (χ3v) is 2.52. The molecule has 0 radical (unpaired) electrons. The van der Waals surface area contributed by atoms with Crippen LogP contribution in [0.2, 0.25) is 0 Å². The monoisotopic (exact) mass is 257 g/mol. The summed E-state index contributed by atoms with van der Waals surface area (Å²) in [5.74, 6) is 6.28. The maximum Gasteiger partial charge on any atom is 0.267 e. The molecule has 2 rings (SSSR count). The Morgan fingerprint density at radius 1 is 1.26 bits per heavy atom. The molecule has 0 saturated carbocycles. The largest absolute Gasteiger partial charge is 0.436 e. The van der Waals surface area contributed by atoms with Gasteiger partial charge in [0.2, 0.25) is 5.82 Å². The molecule has 1 heterocycles. The molecule has 0 atom stereocenters. The minimum atomic E-state index is 0.264. The van der Waals surface area contributed by atoms with E-state index in [4.69, 9.17) is 10.6 Å². The van der Waals surface area contributed by atoms with E-state index in [1.165, 1.54) is 0 Å². The Morgan fingerprint density at radius 3 is 2.63 bits per heavy atom. The molecule has 0 bridgehead atoms. The number of aromatic nitrogens is 2. The third-order valence-electron chi connectivity index (χ3n) is 2.52. The number of nitrogens with two attached hydrogens (primary N) is 1. The van der Waals surface area contributed by atoms with Crippen LogP contribution in [0.1, 0.15) is 18.2 Å². The zero-order valence-electron chi connectivity index (χ0n) is 10.9. The first kappa shape index (κ1) is 12.9. The van der Waals surface area contributed by atoms with Crippen LogP contribution in [0.4, 0.5) is 5.82 Å². The van der Waals surface area contributed by atoms with Crippen molar-refractivity contribution in [2.75, 3.05) is 0 Å². The van der Waals surface area contributed by atoms with Gasteiger partial charge in [0.05, 0.1) is 11.9 Å². The Hall–Kier alpha value is -2.50. The summed E-state index contributed by atoms with van der Waals surface area (Å²) in [6.07, 6.45) is 2.39. The van der Waals surface area contributed by atoms with Crippen LogP contribution in [0.15, 0.2) is 40.8 Å². The Morgan fingerprint density at radius 2 is 2.00 bits per heavy atom. The molecule has 19 heavy (non-hydrogen) atoms. The Bertz CT molecular complexity index is 580. The number of benzene rings is 1. The minimum Gasteiger partial charge on any atom is -0.436 e. The van der Waals surface area contributed by atoms with Gasteiger partial charge >= 0.3 is 0 Å². The van der Waals surface area contributed by atoms with E-state index in [1.807, 2.05) is 38.1 Å². The van der Waals surface area contributed by atoms with Gasteiger partial charge in [0.1, 0.15) is 5.75 Å². The number of nitrogens with zero attached hydrogens (tertiary/aromatic N) is 4. The average Bonchev–Trinajstić information content (AvgIpc) is 2.43. The molecule has 0 amide bonds. The predicted octanol–water partition coefficient (Wildman–Crippen LogP) is 3.10. The lowest BCUT2D eigenvalue weighted by Gasteiger charge is -2.07. The van der Waals surface area contributed by atoms with Gasteiger partial charge in [-0.15, -0.1) is 5.11 Å². The first-order valence-electron chi connectivity index (χ1n) is 5.94. The first-order valence-corrected chi connectivity index (χ1v) is 5.94. The summed E-state index contributed by atoms with van der Waals surface area (Å²) >= 11 is 0. The van der Waals surface area contributed by atoms with E-state index in [0.717, 1.165) is 17.7 Å². The van der Waals surface area contributed by atoms with Gasteiger partial charge in [-0.3, -0.25) is 0 Å². The third kappa shape index (κ3) is 3.25. The van der Waals surface area contributed by atoms with E-state index in [9.17, 15) is 0 Å². The molecule has 0 aliphatic heterocycles. The molecule has 2 N–H and O–H groups in total. The number of rotatable bonds is 4. The number of aryl methyl sites for hydroxylation is 2. The van der Waals surface area contributed by atoms with Crippen molar-refractivity contribution in [2.24, 2.45) is 16.2 Å². The number of hydrogen-bond acceptors (Lipinski definition) is 5. The van der Waals surface area contributed by atoms with Crippen LogP contribution in [0.5, 0.6) is 11.6 Å². The van der Waals surface area contributed by atoms with Gasteiger partial charge in [0.15, 0.2) is 0 Å². The maximum absolute atomic E-state index is 5.68. The van der Waals surface area contributed by atoms with Crippen LogP contribution in [0, 0.1) is 6.92 Å². The quantitative estimate of drug-likeness (QED) is 0.518. The zero-order chi connectivity index (χ0) is 13.7. The van der Waals surface area contributed by atoms with Crippen molar-refractivity contribution in [3.63, 3.8) is 0 Å². The maximum atomic E-state index is 5.68. The average molecular weight is 257 g/mol. The summed E-state index contributed by atoms with van der Waals surface area (Å²) < 4.78 is 5.68. The highest BCUT2D eigenvalue weighted by Gasteiger charge is 2.09. The van der Waals surface area contributed by atoms with Crippen LogP contribution in [-0.2, 0) is 6.42 Å². The minimum absolute atomic E-state index is 0.264. The van der Waals surface area contributed by atoms with Gasteiger partial charge in [-0.05, 0) is 25.5 Å². The van der Waals surface area contributed by atoms with E-state index < -0.39 is 0 Å². The zero-order valence-corrected chi connectivity index (χ0v) is 10.9. The Balaban J connectivity index is 2.33. The van der Waals surface area contributed by atoms with Crippen molar-refractivity contribution in [1.82, 2.24) is 9.97 Å². The highest BCUT2D eigenvalue weighted by Crippen LogP contribution is 2.28. The van der Waals surface area contributed by atoms with Crippen molar-refractivity contribution in [3.05, 3.63) is 41.7 Å². The van der Waals surface area contributed by atoms with Gasteiger partial charge in [0.25, 0.3) is 5.88 Å². The van der Waals surface area contributed by atoms with E-state index in [2.05, 4.69) is 20.3 Å². The lowest BCUT2D eigenvalue weighted by molar-refractivity contribution is 0.459. The second-order valence-electron chi connectivity index (χ2n) is 3.97. The molecule has 0 spiro atoms. The highest BCUT2D eigenvalue weighted by molar-refractivity contribution is 5.42. The SMILES string of the molecule is CCc1cnc(N=NN)c(Oc2ccc(C)cc2)n1. The standard InChI is InChI=1S/C13H15N5O/c1-3-10-8-15-12(17-18-14)13(16-10)19-11-6-4-9(2)5-7-11/h4-8H,3H2,1-2H3,(H2,14,15,17). The Kier molecular flexibility index (Phi) is 4.02. The molecule has 0 aliphatic rings. The van der Waals surface area contributed by atoms with Crippen molar-refractivity contribution >= 4 is 5.82 Å². The molecule has 98 valence electrons. The van der Waals surface area contributed by atoms with Crippen molar-refractivity contribution in [3.8, 4) is 11.6 Å². The molecule has 1 aromatic heterocycles. The summed E-state index contributed by atoms with van der Waals surface area (Å²) in [6.45, 7) is 4.00. The molecule has 6 nitrogen and oxygen atoms in total. The van der Waals surface area contributed by atoms with E-state index in [-0.39, 0.29) is 5.82 Å². The second-order valence-corrected chi connectivity index (χ2v) is 3.97.